The molecule has 212 valence electrons. The average molecular weight is 566 g/mol. The second kappa shape index (κ2) is 11.7. The Morgan fingerprint density at radius 3 is 1.93 bits per heavy atom. The van der Waals surface area contributed by atoms with Crippen molar-refractivity contribution in [2.45, 2.75) is 50.4 Å². The molecule has 0 bridgehead atoms. The Morgan fingerprint density at radius 1 is 0.902 bits per heavy atom. The molecule has 3 unspecified atom stereocenters. The van der Waals surface area contributed by atoms with E-state index < -0.39 is 20.2 Å². The lowest BCUT2D eigenvalue weighted by Gasteiger charge is -2.48. The Balaban J connectivity index is 1.48. The number of benzene rings is 3. The third kappa shape index (κ3) is 4.90. The summed E-state index contributed by atoms with van der Waals surface area (Å²) in [5, 5.41) is 24.2. The normalized spacial score (nSPS) is 25.9. The van der Waals surface area contributed by atoms with E-state index in [9.17, 15) is 10.4 Å². The van der Waals surface area contributed by atoms with Gasteiger partial charge in [0.2, 0.25) is 0 Å². The molecule has 1 N–H and O–H groups in total. The van der Waals surface area contributed by atoms with Gasteiger partial charge in [0.1, 0.15) is 0 Å². The molecule has 4 atom stereocenters. The van der Waals surface area contributed by atoms with Crippen LogP contribution in [0, 0.1) is 28.6 Å². The van der Waals surface area contributed by atoms with Gasteiger partial charge in [0.15, 0.2) is 5.79 Å². The SMILES string of the molecule is C=C(CO)[C@@H](CC12CCCC(C#N)C1C1(CC2)OCCO1)O[Si](c1ccccc1)(c1ccccc1)c1ccccc1. The van der Waals surface area contributed by atoms with E-state index in [1.165, 1.54) is 0 Å². The molecule has 5 nitrogen and oxygen atoms in total. The fourth-order valence-corrected chi connectivity index (χ4v) is 12.1. The van der Waals surface area contributed by atoms with Gasteiger partial charge in [0.05, 0.1) is 37.9 Å². The highest BCUT2D eigenvalue weighted by Crippen LogP contribution is 2.63. The number of hydrogen-bond acceptors (Lipinski definition) is 5. The quantitative estimate of drug-likeness (QED) is 0.236. The molecule has 6 heteroatoms. The van der Waals surface area contributed by atoms with Crippen molar-refractivity contribution in [3.8, 4) is 6.07 Å². The Labute approximate surface area is 244 Å². The minimum Gasteiger partial charge on any atom is -0.397 e. The van der Waals surface area contributed by atoms with Crippen LogP contribution in [0.2, 0.25) is 0 Å². The van der Waals surface area contributed by atoms with Gasteiger partial charge < -0.3 is 19.0 Å². The second-order valence-electron chi connectivity index (χ2n) is 11.9. The number of fused-ring (bicyclic) bond motifs is 2. The topological polar surface area (TPSA) is 71.7 Å². The molecular weight excluding hydrogens is 526 g/mol. The lowest BCUT2D eigenvalue weighted by molar-refractivity contribution is -0.210. The predicted octanol–water partition coefficient (Wildman–Crippen LogP) is 4.44. The summed E-state index contributed by atoms with van der Waals surface area (Å²) in [6.07, 6.45) is 4.79. The molecule has 1 spiro atoms. The standard InChI is InChI=1S/C35H39NO4Si/c1-27(26-37)32(24-34-19-11-12-28(25-36)33(34)35(21-20-34)38-22-23-39-35)40-41(29-13-5-2-6-14-29,30-15-7-3-8-16-30)31-17-9-4-10-18-31/h2-10,13-18,28,32-33,37H,1,11-12,19-24,26H2/t28?,32-,33?,34?/m1/s1. The molecule has 0 aromatic heterocycles. The van der Waals surface area contributed by atoms with Crippen molar-refractivity contribution in [2.75, 3.05) is 19.8 Å². The highest BCUT2D eigenvalue weighted by molar-refractivity contribution is 7.07. The van der Waals surface area contributed by atoms with Gasteiger partial charge in [-0.05, 0) is 52.2 Å². The molecule has 6 rings (SSSR count). The fraction of sp³-hybridized carbons (Fsp3) is 0.400. The van der Waals surface area contributed by atoms with Gasteiger partial charge in [-0.25, -0.2) is 0 Å². The summed E-state index contributed by atoms with van der Waals surface area (Å²) in [4.78, 5) is 0. The first kappa shape index (κ1) is 28.1. The van der Waals surface area contributed by atoms with E-state index in [1.807, 2.05) is 18.2 Å². The Bertz CT molecular complexity index is 1270. The molecule has 0 amide bonds. The van der Waals surface area contributed by atoms with Crippen LogP contribution in [-0.4, -0.2) is 45.1 Å². The van der Waals surface area contributed by atoms with Gasteiger partial charge >= 0.3 is 0 Å². The third-order valence-corrected chi connectivity index (χ3v) is 13.8. The number of ether oxygens (including phenoxy) is 2. The molecule has 41 heavy (non-hydrogen) atoms. The maximum absolute atomic E-state index is 10.5. The van der Waals surface area contributed by atoms with Gasteiger partial charge in [-0.15, -0.1) is 0 Å². The zero-order chi connectivity index (χ0) is 28.3. The molecule has 2 aliphatic carbocycles. The van der Waals surface area contributed by atoms with E-state index >= 15 is 0 Å². The van der Waals surface area contributed by atoms with Crippen LogP contribution < -0.4 is 15.6 Å². The maximum atomic E-state index is 10.5. The summed E-state index contributed by atoms with van der Waals surface area (Å²) in [6, 6.07) is 34.2. The van der Waals surface area contributed by atoms with Gasteiger partial charge in [0.25, 0.3) is 8.32 Å². The monoisotopic (exact) mass is 565 g/mol. The number of aliphatic hydroxyl groups is 1. The molecule has 3 aliphatic rings. The minimum absolute atomic E-state index is 0.0323. The van der Waals surface area contributed by atoms with Crippen molar-refractivity contribution in [1.82, 2.24) is 0 Å². The van der Waals surface area contributed by atoms with E-state index in [0.29, 0.717) is 25.2 Å². The first-order valence-electron chi connectivity index (χ1n) is 14.9. The van der Waals surface area contributed by atoms with Crippen LogP contribution in [0.25, 0.3) is 0 Å². The second-order valence-corrected chi connectivity index (χ2v) is 15.2. The van der Waals surface area contributed by atoms with Crippen molar-refractivity contribution >= 4 is 23.9 Å². The summed E-state index contributed by atoms with van der Waals surface area (Å²) in [5.74, 6) is -0.861. The summed E-state index contributed by atoms with van der Waals surface area (Å²) in [7, 11) is -3.06. The lowest BCUT2D eigenvalue weighted by atomic mass is 9.60. The van der Waals surface area contributed by atoms with Crippen molar-refractivity contribution < 1.29 is 19.0 Å². The molecule has 1 aliphatic heterocycles. The Hall–Kier alpha value is -3.05. The molecule has 1 heterocycles. The van der Waals surface area contributed by atoms with Gasteiger partial charge in [-0.2, -0.15) is 5.26 Å². The smallest absolute Gasteiger partial charge is 0.288 e. The van der Waals surface area contributed by atoms with E-state index in [2.05, 4.69) is 85.4 Å². The van der Waals surface area contributed by atoms with Crippen molar-refractivity contribution in [3.05, 3.63) is 103 Å². The number of nitriles is 1. The van der Waals surface area contributed by atoms with E-state index in [-0.39, 0.29) is 23.9 Å². The number of aliphatic hydroxyl groups excluding tert-OH is 1. The highest BCUT2D eigenvalue weighted by Gasteiger charge is 2.64. The molecule has 3 aromatic carbocycles. The summed E-state index contributed by atoms with van der Waals surface area (Å²) in [6.45, 7) is 5.34. The fourth-order valence-electron chi connectivity index (χ4n) is 8.00. The molecule has 1 saturated heterocycles. The summed E-state index contributed by atoms with van der Waals surface area (Å²) >= 11 is 0. The van der Waals surface area contributed by atoms with Crippen LogP contribution in [0.5, 0.6) is 0 Å². The zero-order valence-corrected chi connectivity index (χ0v) is 24.6. The molecule has 2 saturated carbocycles. The number of hydrogen-bond donors (Lipinski definition) is 1. The van der Waals surface area contributed by atoms with Crippen molar-refractivity contribution in [3.63, 3.8) is 0 Å². The molecule has 3 fully saturated rings. The molecule has 0 radical (unpaired) electrons. The highest BCUT2D eigenvalue weighted by atomic mass is 28.4. The van der Waals surface area contributed by atoms with Gasteiger partial charge in [0, 0.05) is 12.3 Å². The van der Waals surface area contributed by atoms with Crippen LogP contribution in [0.3, 0.4) is 0 Å². The lowest BCUT2D eigenvalue weighted by Crippen LogP contribution is -2.70. The first-order valence-corrected chi connectivity index (χ1v) is 16.8. The molecular formula is C35H39NO4Si. The van der Waals surface area contributed by atoms with Gasteiger partial charge in [-0.1, -0.05) is 104 Å². The maximum Gasteiger partial charge on any atom is 0.288 e. The van der Waals surface area contributed by atoms with Crippen LogP contribution in [-0.2, 0) is 13.9 Å². The average Bonchev–Trinajstić information content (AvgIpc) is 3.65. The van der Waals surface area contributed by atoms with Gasteiger partial charge in [-0.3, -0.25) is 0 Å². The van der Waals surface area contributed by atoms with Crippen LogP contribution >= 0.6 is 0 Å². The summed E-state index contributed by atoms with van der Waals surface area (Å²) < 4.78 is 20.2. The van der Waals surface area contributed by atoms with Crippen molar-refractivity contribution in [2.24, 2.45) is 17.3 Å². The number of rotatable bonds is 9. The molecule has 3 aromatic rings. The first-order chi connectivity index (χ1) is 20.1. The predicted molar refractivity (Wildman–Crippen MR) is 162 cm³/mol. The Morgan fingerprint density at radius 2 is 1.44 bits per heavy atom. The van der Waals surface area contributed by atoms with Crippen LogP contribution in [0.1, 0.15) is 38.5 Å². The number of nitrogens with zero attached hydrogens (tertiary/aromatic N) is 1. The summed E-state index contributed by atoms with van der Waals surface area (Å²) in [5.41, 5.74) is 0.474. The van der Waals surface area contributed by atoms with E-state index in [0.717, 1.165) is 47.7 Å². The van der Waals surface area contributed by atoms with Crippen LogP contribution in [0.4, 0.5) is 0 Å². The minimum atomic E-state index is -3.06. The largest absolute Gasteiger partial charge is 0.397 e. The van der Waals surface area contributed by atoms with E-state index in [4.69, 9.17) is 13.9 Å². The zero-order valence-electron chi connectivity index (χ0n) is 23.6. The van der Waals surface area contributed by atoms with Crippen LogP contribution in [0.15, 0.2) is 103 Å². The Kier molecular flexibility index (Phi) is 8.00. The van der Waals surface area contributed by atoms with E-state index in [1.54, 1.807) is 0 Å². The third-order valence-electron chi connectivity index (χ3n) is 9.75. The van der Waals surface area contributed by atoms with Crippen molar-refractivity contribution in [1.29, 1.82) is 5.26 Å².